The topological polar surface area (TPSA) is 0 Å². The minimum Gasteiger partial charge on any atom is -0.0656 e. The van der Waals surface area contributed by atoms with Gasteiger partial charge in [-0.25, -0.2) is 0 Å². The number of fused-ring (bicyclic) bond motifs is 2. The van der Waals surface area contributed by atoms with Gasteiger partial charge >= 0.3 is 0 Å². The fourth-order valence-corrected chi connectivity index (χ4v) is 15.1. The Kier molecular flexibility index (Phi) is 10.0. The molecule has 0 unspecified atom stereocenters. The maximum atomic E-state index is 2.58. The SMILES string of the molecule is C[Si](C)(C)c1cc(-c2cc(-c3cccc4ccccc34)c3ccc4c(-c5cc([Si](C)(C)C)cc([Si](C)(C)C)c5)cc(-c5cccc6ccccc56)c5ccc2c3c45)cc([Si](C)(C)C)c1. The van der Waals surface area contributed by atoms with Crippen LogP contribution in [0.5, 0.6) is 0 Å². The van der Waals surface area contributed by atoms with Crippen molar-refractivity contribution in [1.82, 2.24) is 0 Å². The molecule has 0 nitrogen and oxygen atoms in total. The van der Waals surface area contributed by atoms with Gasteiger partial charge in [0.2, 0.25) is 0 Å². The normalized spacial score (nSPS) is 13.0. The zero-order valence-electron chi connectivity index (χ0n) is 40.0. The lowest BCUT2D eigenvalue weighted by atomic mass is 9.81. The second-order valence-corrected chi connectivity index (χ2v) is 43.0. The summed E-state index contributed by atoms with van der Waals surface area (Å²) in [6.45, 7) is 30.1. The van der Waals surface area contributed by atoms with Gasteiger partial charge in [-0.3, -0.25) is 0 Å². The van der Waals surface area contributed by atoms with Gasteiger partial charge in [0, 0.05) is 0 Å². The third kappa shape index (κ3) is 7.33. The van der Waals surface area contributed by atoms with Gasteiger partial charge in [-0.2, -0.15) is 0 Å². The van der Waals surface area contributed by atoms with Gasteiger partial charge in [-0.1, -0.05) is 245 Å². The molecule has 0 aliphatic rings. The predicted octanol–water partition coefficient (Wildman–Crippen LogP) is 15.7. The molecule has 4 heteroatoms. The van der Waals surface area contributed by atoms with E-state index in [-0.39, 0.29) is 0 Å². The summed E-state index contributed by atoms with van der Waals surface area (Å²) in [6, 6.07) is 62.1. The van der Waals surface area contributed by atoms with Crippen LogP contribution in [-0.2, 0) is 0 Å². The van der Waals surface area contributed by atoms with Gasteiger partial charge in [0.15, 0.2) is 0 Å². The fraction of sp³-hybridized carbons (Fsp3) is 0.200. The Morgan fingerprint density at radius 2 is 0.531 bits per heavy atom. The van der Waals surface area contributed by atoms with E-state index < -0.39 is 32.3 Å². The van der Waals surface area contributed by atoms with Crippen LogP contribution in [0.4, 0.5) is 0 Å². The highest BCUT2D eigenvalue weighted by Crippen LogP contribution is 2.50. The maximum absolute atomic E-state index is 2.58. The van der Waals surface area contributed by atoms with Crippen LogP contribution < -0.4 is 20.7 Å². The molecule has 0 bridgehead atoms. The molecule has 0 aliphatic heterocycles. The standard InChI is InChI=1S/C60H62Si4/c1-61(2,3)43-31-41(32-44(35-43)62(4,5)6)55-37-57(49-25-17-21-39-19-13-15-23-47(39)49)53-30-28-52-56(42-33-45(63(7,8)9)36-46(34-42)64(10,11)12)38-58(54-29-27-51(55)59(53)60(52)54)50-26-18-22-40-20-14-16-24-48(40)50/h13-38H,1-12H3. The average Bonchev–Trinajstić information content (AvgIpc) is 3.26. The molecule has 0 aliphatic carbocycles. The van der Waals surface area contributed by atoms with Crippen LogP contribution >= 0.6 is 0 Å². The fourth-order valence-electron chi connectivity index (χ4n) is 10.1. The van der Waals surface area contributed by atoms with Crippen molar-refractivity contribution in [2.45, 2.75) is 78.6 Å². The Hall–Kier alpha value is -5.37. The lowest BCUT2D eigenvalue weighted by Gasteiger charge is -2.26. The molecule has 64 heavy (non-hydrogen) atoms. The largest absolute Gasteiger partial charge is 0.0776 e. The first-order chi connectivity index (χ1) is 30.3. The molecule has 318 valence electrons. The zero-order valence-corrected chi connectivity index (χ0v) is 44.0. The minimum atomic E-state index is -1.67. The van der Waals surface area contributed by atoms with Crippen LogP contribution in [0.3, 0.4) is 0 Å². The van der Waals surface area contributed by atoms with E-state index >= 15 is 0 Å². The predicted molar refractivity (Wildman–Crippen MR) is 299 cm³/mol. The molecule has 0 radical (unpaired) electrons. The Bertz CT molecular complexity index is 3170. The highest BCUT2D eigenvalue weighted by Gasteiger charge is 2.28. The molecule has 10 rings (SSSR count). The number of rotatable bonds is 8. The van der Waals surface area contributed by atoms with Gasteiger partial charge < -0.3 is 0 Å². The van der Waals surface area contributed by atoms with Crippen molar-refractivity contribution in [1.29, 1.82) is 0 Å². The number of hydrogen-bond acceptors (Lipinski definition) is 0. The summed E-state index contributed by atoms with van der Waals surface area (Å²) in [5.41, 5.74) is 10.6. The van der Waals surface area contributed by atoms with Gasteiger partial charge in [0.05, 0.1) is 32.3 Å². The molecule has 0 fully saturated rings. The van der Waals surface area contributed by atoms with Crippen LogP contribution in [0, 0.1) is 0 Å². The Morgan fingerprint density at radius 1 is 0.234 bits per heavy atom. The van der Waals surface area contributed by atoms with E-state index in [1.165, 1.54) is 98.4 Å². The summed E-state index contributed by atoms with van der Waals surface area (Å²) in [4.78, 5) is 0. The molecule has 0 N–H and O–H groups in total. The summed E-state index contributed by atoms with van der Waals surface area (Å²) in [7, 11) is -6.69. The maximum Gasteiger partial charge on any atom is 0.0776 e. The van der Waals surface area contributed by atoms with E-state index in [2.05, 4.69) is 236 Å². The van der Waals surface area contributed by atoms with E-state index in [1.54, 1.807) is 20.7 Å². The Labute approximate surface area is 385 Å². The lowest BCUT2D eigenvalue weighted by Crippen LogP contribution is -2.45. The first kappa shape index (κ1) is 42.6. The molecular weight excluding hydrogens is 833 g/mol. The summed E-state index contributed by atoms with van der Waals surface area (Å²) < 4.78 is 0. The van der Waals surface area contributed by atoms with Gasteiger partial charge in [-0.05, 0) is 111 Å². The molecule has 0 aromatic heterocycles. The van der Waals surface area contributed by atoms with Crippen molar-refractivity contribution < 1.29 is 0 Å². The van der Waals surface area contributed by atoms with Crippen LogP contribution in [-0.4, -0.2) is 32.3 Å². The van der Waals surface area contributed by atoms with E-state index in [0.717, 1.165) is 0 Å². The summed E-state index contributed by atoms with van der Waals surface area (Å²) in [5.74, 6) is 0. The van der Waals surface area contributed by atoms with E-state index in [4.69, 9.17) is 0 Å². The number of benzene rings is 10. The smallest absolute Gasteiger partial charge is 0.0656 e. The minimum absolute atomic E-state index is 1.27. The van der Waals surface area contributed by atoms with Gasteiger partial charge in [-0.15, -0.1) is 0 Å². The molecule has 0 saturated heterocycles. The van der Waals surface area contributed by atoms with Crippen molar-refractivity contribution in [3.63, 3.8) is 0 Å². The monoisotopic (exact) mass is 894 g/mol. The highest BCUT2D eigenvalue weighted by molar-refractivity contribution is 6.92. The van der Waals surface area contributed by atoms with Crippen LogP contribution in [0.15, 0.2) is 158 Å². The van der Waals surface area contributed by atoms with Crippen LogP contribution in [0.1, 0.15) is 0 Å². The molecule has 0 spiro atoms. The first-order valence-corrected chi connectivity index (χ1v) is 37.3. The van der Waals surface area contributed by atoms with Crippen molar-refractivity contribution >= 4 is 107 Å². The molecule has 0 heterocycles. The van der Waals surface area contributed by atoms with Crippen LogP contribution in [0.25, 0.3) is 98.4 Å². The quantitative estimate of drug-likeness (QED) is 0.105. The molecule has 0 atom stereocenters. The van der Waals surface area contributed by atoms with E-state index in [1.807, 2.05) is 0 Å². The van der Waals surface area contributed by atoms with Crippen molar-refractivity contribution in [2.75, 3.05) is 0 Å². The zero-order chi connectivity index (χ0) is 45.1. The van der Waals surface area contributed by atoms with E-state index in [0.29, 0.717) is 0 Å². The average molecular weight is 895 g/mol. The second kappa shape index (κ2) is 15.1. The van der Waals surface area contributed by atoms with Crippen LogP contribution in [0.2, 0.25) is 78.6 Å². The highest BCUT2D eigenvalue weighted by atomic mass is 28.3. The number of hydrogen-bond donors (Lipinski definition) is 0. The lowest BCUT2D eigenvalue weighted by molar-refractivity contribution is 1.63. The molecule has 10 aromatic rings. The molecule has 0 amide bonds. The molecular formula is C60H62Si4. The van der Waals surface area contributed by atoms with Gasteiger partial charge in [0.1, 0.15) is 0 Å². The Balaban J connectivity index is 1.43. The van der Waals surface area contributed by atoms with E-state index in [9.17, 15) is 0 Å². The van der Waals surface area contributed by atoms with Crippen molar-refractivity contribution in [3.8, 4) is 44.5 Å². The molecule has 10 aromatic carbocycles. The molecule has 0 saturated carbocycles. The van der Waals surface area contributed by atoms with Crippen molar-refractivity contribution in [3.05, 3.63) is 158 Å². The van der Waals surface area contributed by atoms with Crippen molar-refractivity contribution in [2.24, 2.45) is 0 Å². The first-order valence-electron chi connectivity index (χ1n) is 23.3. The summed E-state index contributed by atoms with van der Waals surface area (Å²) in [5, 5.41) is 19.4. The summed E-state index contributed by atoms with van der Waals surface area (Å²) in [6.07, 6.45) is 0. The van der Waals surface area contributed by atoms with Gasteiger partial charge in [0.25, 0.3) is 0 Å². The third-order valence-corrected chi connectivity index (χ3v) is 22.1. The third-order valence-electron chi connectivity index (χ3n) is 14.0. The Morgan fingerprint density at radius 3 is 0.859 bits per heavy atom. The second-order valence-electron chi connectivity index (χ2n) is 22.7. The summed E-state index contributed by atoms with van der Waals surface area (Å²) >= 11 is 0.